The molecule has 2 amide bonds. The third kappa shape index (κ3) is 7.87. The second kappa shape index (κ2) is 13.2. The lowest BCUT2D eigenvalue weighted by molar-refractivity contribution is -0.170. The number of imide groups is 1. The second-order valence-electron chi connectivity index (χ2n) is 10.2. The van der Waals surface area contributed by atoms with E-state index in [0.29, 0.717) is 23.6 Å². The molecular formula is C27H37Cl2NO6S. The Labute approximate surface area is 233 Å². The molecule has 1 saturated heterocycles. The van der Waals surface area contributed by atoms with Crippen molar-refractivity contribution in [2.45, 2.75) is 76.0 Å². The molecule has 10 heteroatoms. The van der Waals surface area contributed by atoms with Gasteiger partial charge in [0, 0.05) is 23.8 Å². The molecule has 0 radical (unpaired) electrons. The molecule has 1 saturated carbocycles. The Kier molecular flexibility index (Phi) is 10.8. The van der Waals surface area contributed by atoms with Gasteiger partial charge in [0.05, 0.1) is 11.7 Å². The number of allylic oxidation sites excluding steroid dienone is 1. The molecule has 206 valence electrons. The number of rotatable bonds is 11. The number of aryl methyl sites for hydroxylation is 1. The number of hydrogen-bond donors (Lipinski definition) is 2. The normalized spacial score (nSPS) is 30.9. The van der Waals surface area contributed by atoms with Gasteiger partial charge < -0.3 is 19.3 Å². The number of carbonyl (C=O) groups is 2. The summed E-state index contributed by atoms with van der Waals surface area (Å²) in [6.45, 7) is 6.07. The molecule has 0 spiro atoms. The molecule has 1 aliphatic heterocycles. The number of methoxy groups -OCH3 is 1. The predicted octanol–water partition coefficient (Wildman–Crippen LogP) is 5.15. The van der Waals surface area contributed by atoms with Crippen molar-refractivity contribution in [1.29, 1.82) is 0 Å². The van der Waals surface area contributed by atoms with E-state index in [2.05, 4.69) is 11.4 Å². The molecule has 1 aromatic rings. The fourth-order valence-corrected chi connectivity index (χ4v) is 6.64. The largest absolute Gasteiger partial charge is 0.443 e. The van der Waals surface area contributed by atoms with Gasteiger partial charge in [0.15, 0.2) is 0 Å². The van der Waals surface area contributed by atoms with E-state index in [1.807, 2.05) is 45.0 Å². The first-order valence-electron chi connectivity index (χ1n) is 12.5. The maximum atomic E-state index is 12.3. The lowest BCUT2D eigenvalue weighted by Gasteiger charge is -2.49. The van der Waals surface area contributed by atoms with Crippen molar-refractivity contribution in [2.24, 2.45) is 5.92 Å². The zero-order valence-corrected chi connectivity index (χ0v) is 24.1. The number of benzene rings is 1. The predicted molar refractivity (Wildman–Crippen MR) is 147 cm³/mol. The molecule has 3 rings (SSSR count). The number of halogens is 2. The van der Waals surface area contributed by atoms with Crippen LogP contribution in [0.3, 0.4) is 0 Å². The number of aliphatic hydroxyl groups is 1. The summed E-state index contributed by atoms with van der Waals surface area (Å²) in [5.41, 5.74) is 0.633. The summed E-state index contributed by atoms with van der Waals surface area (Å²) in [5, 5.41) is 14.9. The van der Waals surface area contributed by atoms with Crippen molar-refractivity contribution in [1.82, 2.24) is 5.32 Å². The molecule has 1 aliphatic carbocycles. The van der Waals surface area contributed by atoms with Gasteiger partial charge in [-0.3, -0.25) is 10.1 Å². The SMILES string of the molecule is COC1C(OC(=O)NC(=O)CCl)CCC(O)(CSCCc2ccc(Cl)cc2)C1C1(C)OC1CC=C(C)C. The summed E-state index contributed by atoms with van der Waals surface area (Å²) < 4.78 is 17.7. The highest BCUT2D eigenvalue weighted by Crippen LogP contribution is 2.55. The quantitative estimate of drug-likeness (QED) is 0.163. The first-order valence-corrected chi connectivity index (χ1v) is 14.5. The highest BCUT2D eigenvalue weighted by Gasteiger charge is 2.67. The van der Waals surface area contributed by atoms with Crippen LogP contribution in [0, 0.1) is 5.92 Å². The third-order valence-corrected chi connectivity index (χ3v) is 8.86. The lowest BCUT2D eigenvalue weighted by atomic mass is 9.66. The van der Waals surface area contributed by atoms with Gasteiger partial charge in [0.1, 0.15) is 23.7 Å². The van der Waals surface area contributed by atoms with Crippen LogP contribution in [0.15, 0.2) is 35.9 Å². The van der Waals surface area contributed by atoms with Crippen LogP contribution in [-0.2, 0) is 25.4 Å². The van der Waals surface area contributed by atoms with Gasteiger partial charge in [-0.2, -0.15) is 11.8 Å². The van der Waals surface area contributed by atoms with Gasteiger partial charge in [-0.25, -0.2) is 4.79 Å². The van der Waals surface area contributed by atoms with E-state index in [4.69, 9.17) is 37.4 Å². The molecule has 6 atom stereocenters. The molecule has 37 heavy (non-hydrogen) atoms. The third-order valence-electron chi connectivity index (χ3n) is 7.17. The summed E-state index contributed by atoms with van der Waals surface area (Å²) in [7, 11) is 1.55. The van der Waals surface area contributed by atoms with Gasteiger partial charge in [-0.1, -0.05) is 35.4 Å². The standard InChI is InChI=1S/C27H37Cl2NO6S/c1-17(2)5-10-21-26(3,36-21)24-23(34-4)20(35-25(32)30-22(31)15-28)11-13-27(24,33)16-37-14-12-18-6-8-19(29)9-7-18/h5-9,20-21,23-24,33H,10-16H2,1-4H3,(H,30,31,32). The number of nitrogens with one attached hydrogen (secondary N) is 1. The molecule has 0 aromatic heterocycles. The van der Waals surface area contributed by atoms with Crippen LogP contribution < -0.4 is 5.32 Å². The highest BCUT2D eigenvalue weighted by atomic mass is 35.5. The van der Waals surface area contributed by atoms with Crippen molar-refractivity contribution >= 4 is 47.0 Å². The highest BCUT2D eigenvalue weighted by molar-refractivity contribution is 7.99. The van der Waals surface area contributed by atoms with E-state index in [-0.39, 0.29) is 12.0 Å². The van der Waals surface area contributed by atoms with E-state index < -0.39 is 41.3 Å². The van der Waals surface area contributed by atoms with Crippen molar-refractivity contribution < 1.29 is 28.9 Å². The van der Waals surface area contributed by atoms with Gasteiger partial charge in [-0.15, -0.1) is 11.6 Å². The minimum absolute atomic E-state index is 0.0824. The molecule has 1 heterocycles. The van der Waals surface area contributed by atoms with Gasteiger partial charge in [0.2, 0.25) is 5.91 Å². The monoisotopic (exact) mass is 573 g/mol. The number of alkyl carbamates (subject to hydrolysis) is 1. The number of amides is 2. The number of thioether (sulfide) groups is 1. The number of alkyl halides is 1. The van der Waals surface area contributed by atoms with Gasteiger partial charge >= 0.3 is 6.09 Å². The van der Waals surface area contributed by atoms with Crippen LogP contribution in [0.2, 0.25) is 5.02 Å². The Morgan fingerprint density at radius 1 is 1.30 bits per heavy atom. The Balaban J connectivity index is 1.74. The van der Waals surface area contributed by atoms with E-state index in [1.54, 1.807) is 18.9 Å². The summed E-state index contributed by atoms with van der Waals surface area (Å²) in [5.74, 6) is -0.111. The maximum absolute atomic E-state index is 12.3. The number of ether oxygens (including phenoxy) is 3. The van der Waals surface area contributed by atoms with Crippen LogP contribution in [0.25, 0.3) is 0 Å². The molecule has 0 bridgehead atoms. The minimum Gasteiger partial charge on any atom is -0.443 e. The first kappa shape index (κ1) is 30.3. The fourth-order valence-electron chi connectivity index (χ4n) is 5.24. The summed E-state index contributed by atoms with van der Waals surface area (Å²) >= 11 is 13.2. The number of hydrogen-bond acceptors (Lipinski definition) is 7. The zero-order chi connectivity index (χ0) is 27.2. The van der Waals surface area contributed by atoms with E-state index in [0.717, 1.165) is 18.6 Å². The van der Waals surface area contributed by atoms with Crippen LogP contribution in [0.1, 0.15) is 45.6 Å². The van der Waals surface area contributed by atoms with E-state index in [1.165, 1.54) is 11.1 Å². The van der Waals surface area contributed by atoms with Gasteiger partial charge in [-0.05, 0) is 69.9 Å². The molecular weight excluding hydrogens is 537 g/mol. The van der Waals surface area contributed by atoms with Crippen LogP contribution in [0.4, 0.5) is 4.79 Å². The molecule has 1 aromatic carbocycles. The van der Waals surface area contributed by atoms with Gasteiger partial charge in [0.25, 0.3) is 0 Å². The fraction of sp³-hybridized carbons (Fsp3) is 0.630. The summed E-state index contributed by atoms with van der Waals surface area (Å²) in [6.07, 6.45) is 2.27. The smallest absolute Gasteiger partial charge is 0.414 e. The Hall–Kier alpha value is -1.29. The van der Waals surface area contributed by atoms with Crippen molar-refractivity contribution in [3.63, 3.8) is 0 Å². The lowest BCUT2D eigenvalue weighted by Crippen LogP contribution is -2.61. The first-order chi connectivity index (χ1) is 17.5. The summed E-state index contributed by atoms with van der Waals surface area (Å²) in [4.78, 5) is 23.8. The topological polar surface area (TPSA) is 97.4 Å². The molecule has 2 aliphatic rings. The van der Waals surface area contributed by atoms with E-state index >= 15 is 0 Å². The Bertz CT molecular complexity index is 972. The van der Waals surface area contributed by atoms with Crippen LogP contribution >= 0.6 is 35.0 Å². The molecule has 2 fully saturated rings. The molecule has 6 unspecified atom stereocenters. The van der Waals surface area contributed by atoms with Crippen LogP contribution in [-0.4, -0.2) is 71.1 Å². The zero-order valence-electron chi connectivity index (χ0n) is 21.8. The number of epoxide rings is 1. The molecule has 2 N–H and O–H groups in total. The van der Waals surface area contributed by atoms with Crippen molar-refractivity contribution in [3.8, 4) is 0 Å². The van der Waals surface area contributed by atoms with Crippen LogP contribution in [0.5, 0.6) is 0 Å². The Morgan fingerprint density at radius 3 is 2.62 bits per heavy atom. The van der Waals surface area contributed by atoms with E-state index in [9.17, 15) is 14.7 Å². The minimum atomic E-state index is -1.10. The van der Waals surface area contributed by atoms with Crippen molar-refractivity contribution in [2.75, 3.05) is 24.5 Å². The average Bonchev–Trinajstić information content (AvgIpc) is 3.52. The summed E-state index contributed by atoms with van der Waals surface area (Å²) in [6, 6.07) is 7.78. The average molecular weight is 575 g/mol. The second-order valence-corrected chi connectivity index (χ2v) is 12.0. The van der Waals surface area contributed by atoms with Crippen molar-refractivity contribution in [3.05, 3.63) is 46.5 Å². The maximum Gasteiger partial charge on any atom is 0.414 e. The molecule has 7 nitrogen and oxygen atoms in total. The Morgan fingerprint density at radius 2 is 2.00 bits per heavy atom. The number of carbonyl (C=O) groups excluding carboxylic acids is 2.